The number of hydrogen-bond donors (Lipinski definition) is 3. The van der Waals surface area contributed by atoms with Crippen molar-refractivity contribution in [2.75, 3.05) is 11.9 Å². The topological polar surface area (TPSA) is 115 Å². The molecule has 0 bridgehead atoms. The number of nitrogens with zero attached hydrogens (tertiary/aromatic N) is 4. The first-order valence-corrected chi connectivity index (χ1v) is 12.4. The fourth-order valence-corrected chi connectivity index (χ4v) is 4.06. The van der Waals surface area contributed by atoms with Gasteiger partial charge in [-0.15, -0.1) is 0 Å². The summed E-state index contributed by atoms with van der Waals surface area (Å²) in [6.07, 6.45) is 2.18. The van der Waals surface area contributed by atoms with Crippen LogP contribution in [-0.2, 0) is 6.42 Å². The number of amides is 1. The van der Waals surface area contributed by atoms with Crippen LogP contribution in [0.5, 0.6) is 0 Å². The Morgan fingerprint density at radius 1 is 1.18 bits per heavy atom. The largest absolute Gasteiger partial charge is 0.387 e. The summed E-state index contributed by atoms with van der Waals surface area (Å²) >= 11 is 0. The maximum atomic E-state index is 14.3. The lowest BCUT2D eigenvalue weighted by Crippen LogP contribution is -2.42. The summed E-state index contributed by atoms with van der Waals surface area (Å²) in [5.41, 5.74) is 3.50. The SMILES string of the molecule is CC(C)Cc1cccc(Nc2cc(-c3ccc4cc(C#N)cnn34)ncc2C(=O)NC[C@@H](F)C(C)(C)O)c1. The summed E-state index contributed by atoms with van der Waals surface area (Å²) in [6.45, 7) is 6.67. The highest BCUT2D eigenvalue weighted by Crippen LogP contribution is 2.28. The molecule has 0 aliphatic rings. The van der Waals surface area contributed by atoms with E-state index in [1.807, 2.05) is 30.3 Å². The molecule has 196 valence electrons. The fourth-order valence-electron chi connectivity index (χ4n) is 4.06. The van der Waals surface area contributed by atoms with Gasteiger partial charge in [-0.1, -0.05) is 26.0 Å². The Morgan fingerprint density at radius 2 is 1.97 bits per heavy atom. The van der Waals surface area contributed by atoms with Gasteiger partial charge in [0.2, 0.25) is 0 Å². The zero-order valence-electron chi connectivity index (χ0n) is 21.9. The van der Waals surface area contributed by atoms with Crippen LogP contribution in [0, 0.1) is 17.2 Å². The number of pyridine rings is 1. The molecule has 4 rings (SSSR count). The van der Waals surface area contributed by atoms with Crippen molar-refractivity contribution >= 4 is 22.8 Å². The molecule has 0 unspecified atom stereocenters. The van der Waals surface area contributed by atoms with Crippen LogP contribution in [0.1, 0.15) is 49.2 Å². The first kappa shape index (κ1) is 26.8. The van der Waals surface area contributed by atoms with Crippen molar-refractivity contribution < 1.29 is 14.3 Å². The average molecular weight is 515 g/mol. The molecule has 3 heterocycles. The third-order valence-electron chi connectivity index (χ3n) is 6.10. The molecule has 1 atom stereocenters. The minimum absolute atomic E-state index is 0.228. The second-order valence-corrected chi connectivity index (χ2v) is 10.3. The van der Waals surface area contributed by atoms with Crippen molar-refractivity contribution in [3.63, 3.8) is 0 Å². The molecule has 3 N–H and O–H groups in total. The molecular weight excluding hydrogens is 483 g/mol. The molecule has 0 radical (unpaired) electrons. The van der Waals surface area contributed by atoms with Gasteiger partial charge in [-0.25, -0.2) is 8.91 Å². The van der Waals surface area contributed by atoms with Crippen molar-refractivity contribution in [2.24, 2.45) is 5.92 Å². The summed E-state index contributed by atoms with van der Waals surface area (Å²) in [6, 6.07) is 17.2. The van der Waals surface area contributed by atoms with E-state index < -0.39 is 17.7 Å². The second-order valence-electron chi connectivity index (χ2n) is 10.3. The van der Waals surface area contributed by atoms with E-state index in [0.29, 0.717) is 28.6 Å². The minimum atomic E-state index is -1.64. The lowest BCUT2D eigenvalue weighted by molar-refractivity contribution is -0.00177. The standard InChI is InChI=1S/C29H31FN6O2/c1-18(2)10-19-6-5-7-21(11-19)35-24-13-25(26-9-8-22-12-20(14-31)15-34-36(22)26)32-16-23(24)28(37)33-17-27(30)29(3,4)38/h5-9,11-13,15-16,18,27,38H,10,17H2,1-4H3,(H,32,35)(H,33,37)/t27-/m1/s1. The molecule has 0 aliphatic heterocycles. The number of rotatable bonds is 9. The van der Waals surface area contributed by atoms with E-state index in [1.165, 1.54) is 26.2 Å². The van der Waals surface area contributed by atoms with E-state index in [4.69, 9.17) is 0 Å². The van der Waals surface area contributed by atoms with Crippen molar-refractivity contribution in [1.29, 1.82) is 5.26 Å². The maximum absolute atomic E-state index is 14.3. The van der Waals surface area contributed by atoms with Crippen molar-refractivity contribution in [1.82, 2.24) is 19.9 Å². The first-order valence-electron chi connectivity index (χ1n) is 12.4. The Hall–Kier alpha value is -4.29. The Morgan fingerprint density at radius 3 is 2.68 bits per heavy atom. The van der Waals surface area contributed by atoms with E-state index in [1.54, 1.807) is 16.6 Å². The van der Waals surface area contributed by atoms with Gasteiger partial charge < -0.3 is 15.7 Å². The number of carbonyl (C=O) groups is 1. The normalized spacial score (nSPS) is 12.4. The third kappa shape index (κ3) is 6.15. The molecule has 4 aromatic rings. The van der Waals surface area contributed by atoms with Gasteiger partial charge in [0.15, 0.2) is 0 Å². The van der Waals surface area contributed by atoms with Crippen molar-refractivity contribution in [3.8, 4) is 17.5 Å². The number of benzene rings is 1. The summed E-state index contributed by atoms with van der Waals surface area (Å²) < 4.78 is 16.0. The van der Waals surface area contributed by atoms with Crippen LogP contribution in [-0.4, -0.2) is 43.9 Å². The molecule has 9 heteroatoms. The summed E-state index contributed by atoms with van der Waals surface area (Å²) in [5.74, 6) is -0.0335. The number of nitrogens with one attached hydrogen (secondary N) is 2. The number of nitriles is 1. The number of anilines is 2. The Labute approximate surface area is 221 Å². The van der Waals surface area contributed by atoms with Gasteiger partial charge in [-0.2, -0.15) is 10.4 Å². The maximum Gasteiger partial charge on any atom is 0.255 e. The summed E-state index contributed by atoms with van der Waals surface area (Å²) in [4.78, 5) is 17.6. The minimum Gasteiger partial charge on any atom is -0.387 e. The molecule has 1 amide bonds. The smallest absolute Gasteiger partial charge is 0.255 e. The lowest BCUT2D eigenvalue weighted by Gasteiger charge is -2.22. The monoisotopic (exact) mass is 514 g/mol. The van der Waals surface area contributed by atoms with Crippen molar-refractivity contribution in [3.05, 3.63) is 77.6 Å². The van der Waals surface area contributed by atoms with Crippen LogP contribution in [0.2, 0.25) is 0 Å². The highest BCUT2D eigenvalue weighted by atomic mass is 19.1. The molecule has 1 aromatic carbocycles. The van der Waals surface area contributed by atoms with Gasteiger partial charge in [0.05, 0.1) is 52.1 Å². The molecule has 8 nitrogen and oxygen atoms in total. The number of carbonyl (C=O) groups excluding carboxylic acids is 1. The van der Waals surface area contributed by atoms with Crippen LogP contribution in [0.3, 0.4) is 0 Å². The van der Waals surface area contributed by atoms with E-state index in [2.05, 4.69) is 46.7 Å². The predicted molar refractivity (Wildman–Crippen MR) is 145 cm³/mol. The number of aromatic nitrogens is 3. The molecule has 0 saturated heterocycles. The fraction of sp³-hybridized carbons (Fsp3) is 0.310. The molecule has 0 spiro atoms. The molecule has 3 aromatic heterocycles. The number of fused-ring (bicyclic) bond motifs is 1. The van der Waals surface area contributed by atoms with Gasteiger partial charge in [-0.3, -0.25) is 9.78 Å². The van der Waals surface area contributed by atoms with Crippen LogP contribution in [0.4, 0.5) is 15.8 Å². The van der Waals surface area contributed by atoms with Gasteiger partial charge in [-0.05, 0) is 68.1 Å². The van der Waals surface area contributed by atoms with E-state index in [-0.39, 0.29) is 12.1 Å². The number of halogens is 1. The molecule has 38 heavy (non-hydrogen) atoms. The number of aliphatic hydroxyl groups is 1. The van der Waals surface area contributed by atoms with Crippen LogP contribution >= 0.6 is 0 Å². The summed E-state index contributed by atoms with van der Waals surface area (Å²) in [5, 5.41) is 29.3. The lowest BCUT2D eigenvalue weighted by atomic mass is 10.0. The highest BCUT2D eigenvalue weighted by molar-refractivity contribution is 6.00. The molecular formula is C29H31FN6O2. The Bertz CT molecular complexity index is 1500. The molecule has 0 fully saturated rings. The first-order chi connectivity index (χ1) is 18.0. The van der Waals surface area contributed by atoms with Crippen LogP contribution < -0.4 is 10.6 Å². The molecule has 0 saturated carbocycles. The van der Waals surface area contributed by atoms with Gasteiger partial charge in [0.25, 0.3) is 5.91 Å². The quantitative estimate of drug-likeness (QED) is 0.288. The van der Waals surface area contributed by atoms with Gasteiger partial charge >= 0.3 is 0 Å². The number of alkyl halides is 1. The zero-order chi connectivity index (χ0) is 27.4. The van der Waals surface area contributed by atoms with Crippen LogP contribution in [0.15, 0.2) is 60.9 Å². The Balaban J connectivity index is 1.71. The predicted octanol–water partition coefficient (Wildman–Crippen LogP) is 5.05. The molecule has 0 aliphatic carbocycles. The van der Waals surface area contributed by atoms with E-state index in [0.717, 1.165) is 23.2 Å². The van der Waals surface area contributed by atoms with Gasteiger partial charge in [0, 0.05) is 11.9 Å². The zero-order valence-corrected chi connectivity index (χ0v) is 21.9. The van der Waals surface area contributed by atoms with Gasteiger partial charge in [0.1, 0.15) is 12.2 Å². The van der Waals surface area contributed by atoms with Crippen molar-refractivity contribution in [2.45, 2.75) is 45.9 Å². The Kier molecular flexibility index (Phi) is 7.74. The van der Waals surface area contributed by atoms with E-state index >= 15 is 0 Å². The van der Waals surface area contributed by atoms with E-state index in [9.17, 15) is 19.6 Å². The third-order valence-corrected chi connectivity index (χ3v) is 6.10. The second kappa shape index (κ2) is 11.0. The van der Waals surface area contributed by atoms with Crippen LogP contribution in [0.25, 0.3) is 16.9 Å². The number of hydrogen-bond acceptors (Lipinski definition) is 6. The average Bonchev–Trinajstić information content (AvgIpc) is 3.29. The summed E-state index contributed by atoms with van der Waals surface area (Å²) in [7, 11) is 0. The highest BCUT2D eigenvalue weighted by Gasteiger charge is 2.27.